The van der Waals surface area contributed by atoms with E-state index in [1.165, 1.54) is 0 Å². The minimum atomic E-state index is -1.32. The van der Waals surface area contributed by atoms with Gasteiger partial charge in [0.15, 0.2) is 0 Å². The van der Waals surface area contributed by atoms with Gasteiger partial charge in [-0.15, -0.1) is 0 Å². The minimum absolute atomic E-state index is 0.0553. The molecule has 0 aromatic heterocycles. The van der Waals surface area contributed by atoms with Gasteiger partial charge in [-0.3, -0.25) is 4.79 Å². The second-order valence-corrected chi connectivity index (χ2v) is 6.10. The van der Waals surface area contributed by atoms with Crippen molar-refractivity contribution in [1.29, 1.82) is 0 Å². The number of nitrogens with two attached hydrogens (primary N) is 1. The summed E-state index contributed by atoms with van der Waals surface area (Å²) in [6.45, 7) is 3.59. The number of carboxylic acids is 1. The zero-order chi connectivity index (χ0) is 15.3. The first-order chi connectivity index (χ1) is 9.29. The molecule has 0 aliphatic heterocycles. The second kappa shape index (κ2) is 7.40. The van der Waals surface area contributed by atoms with Gasteiger partial charge in [0.2, 0.25) is 0 Å². The molecule has 1 aliphatic rings. The molecule has 0 radical (unpaired) electrons. The van der Waals surface area contributed by atoms with Gasteiger partial charge >= 0.3 is 13.1 Å². The molecule has 1 saturated carbocycles. The van der Waals surface area contributed by atoms with E-state index < -0.39 is 18.6 Å². The summed E-state index contributed by atoms with van der Waals surface area (Å²) in [5.74, 6) is -0.845. The lowest BCUT2D eigenvalue weighted by molar-refractivity contribution is -0.148. The summed E-state index contributed by atoms with van der Waals surface area (Å²) in [5, 5.41) is 27.4. The Bertz CT molecular complexity index is 329. The zero-order valence-electron chi connectivity index (χ0n) is 12.5. The van der Waals surface area contributed by atoms with Crippen molar-refractivity contribution in [3.63, 3.8) is 0 Å². The summed E-state index contributed by atoms with van der Waals surface area (Å²) in [7, 11) is 0.646. The average Bonchev–Trinajstić information content (AvgIpc) is 2.38. The number of carbonyl (C=O) groups is 1. The first-order valence-corrected chi connectivity index (χ1v) is 7.36. The molecule has 0 amide bonds. The summed E-state index contributed by atoms with van der Waals surface area (Å²) >= 11 is 0. The lowest BCUT2D eigenvalue weighted by atomic mass is 9.66. The molecule has 0 heterocycles. The Balaban J connectivity index is 2.69. The summed E-state index contributed by atoms with van der Waals surface area (Å²) in [6.07, 6.45) is 2.98. The Kier molecular flexibility index (Phi) is 6.45. The molecular formula is C13H27BN2O4. The normalized spacial score (nSPS) is 30.5. The van der Waals surface area contributed by atoms with Crippen LogP contribution in [-0.2, 0) is 4.79 Å². The molecule has 1 aliphatic carbocycles. The molecule has 7 heteroatoms. The van der Waals surface area contributed by atoms with Gasteiger partial charge in [0.1, 0.15) is 5.54 Å². The highest BCUT2D eigenvalue weighted by molar-refractivity contribution is 6.40. The molecule has 0 aromatic rings. The highest BCUT2D eigenvalue weighted by atomic mass is 16.4. The Hall–Kier alpha value is -0.625. The number of hydrogen-bond donors (Lipinski definition) is 4. The molecule has 0 spiro atoms. The predicted molar refractivity (Wildman–Crippen MR) is 78.2 cm³/mol. The highest BCUT2D eigenvalue weighted by Crippen LogP contribution is 2.38. The van der Waals surface area contributed by atoms with Crippen LogP contribution < -0.4 is 5.73 Å². The molecule has 20 heavy (non-hydrogen) atoms. The van der Waals surface area contributed by atoms with E-state index in [0.29, 0.717) is 19.4 Å². The quantitative estimate of drug-likeness (QED) is 0.491. The maximum atomic E-state index is 11.6. The molecular weight excluding hydrogens is 259 g/mol. The van der Waals surface area contributed by atoms with E-state index >= 15 is 0 Å². The highest BCUT2D eigenvalue weighted by Gasteiger charge is 2.46. The first kappa shape index (κ1) is 17.4. The van der Waals surface area contributed by atoms with Crippen molar-refractivity contribution in [1.82, 2.24) is 4.90 Å². The molecule has 5 N–H and O–H groups in total. The van der Waals surface area contributed by atoms with E-state index in [9.17, 15) is 9.90 Å². The van der Waals surface area contributed by atoms with Crippen molar-refractivity contribution in [3.8, 4) is 0 Å². The van der Waals surface area contributed by atoms with Crippen molar-refractivity contribution < 1.29 is 19.9 Å². The third-order valence-electron chi connectivity index (χ3n) is 4.58. The minimum Gasteiger partial charge on any atom is -0.480 e. The second-order valence-electron chi connectivity index (χ2n) is 6.10. The standard InChI is InChI=1S/C13H27BN2O4/c1-3-16(2)9-11-5-4-10(6-7-14(19)20)8-13(11,15)12(17)18/h10-11,19-20H,3-9,15H2,1-2H3,(H,17,18)/t10-,11-,13+/m0/s1. The fourth-order valence-electron chi connectivity index (χ4n) is 3.09. The number of nitrogens with zero attached hydrogens (tertiary/aromatic N) is 1. The molecule has 0 aromatic carbocycles. The van der Waals surface area contributed by atoms with Gasteiger partial charge in [0.25, 0.3) is 0 Å². The molecule has 1 fully saturated rings. The van der Waals surface area contributed by atoms with Crippen molar-refractivity contribution in [2.75, 3.05) is 20.1 Å². The van der Waals surface area contributed by atoms with E-state index in [1.807, 2.05) is 14.0 Å². The van der Waals surface area contributed by atoms with Crippen LogP contribution in [0.15, 0.2) is 0 Å². The van der Waals surface area contributed by atoms with Gasteiger partial charge in [-0.25, -0.2) is 0 Å². The topological polar surface area (TPSA) is 107 Å². The van der Waals surface area contributed by atoms with Crippen molar-refractivity contribution in [2.45, 2.75) is 44.5 Å². The molecule has 0 unspecified atom stereocenters. The van der Waals surface area contributed by atoms with Crippen LogP contribution in [0.4, 0.5) is 0 Å². The molecule has 0 saturated heterocycles. The number of hydrogen-bond acceptors (Lipinski definition) is 5. The number of aliphatic carboxylic acids is 1. The van der Waals surface area contributed by atoms with Gasteiger partial charge in [-0.05, 0) is 45.1 Å². The van der Waals surface area contributed by atoms with Crippen LogP contribution in [0, 0.1) is 11.8 Å². The smallest absolute Gasteiger partial charge is 0.451 e. The third kappa shape index (κ3) is 4.44. The largest absolute Gasteiger partial charge is 0.480 e. The van der Waals surface area contributed by atoms with Gasteiger partial charge in [0.05, 0.1) is 0 Å². The van der Waals surface area contributed by atoms with Gasteiger partial charge in [-0.2, -0.15) is 0 Å². The van der Waals surface area contributed by atoms with E-state index in [1.54, 1.807) is 0 Å². The predicted octanol–water partition coefficient (Wildman–Crippen LogP) is -0.000600. The Morgan fingerprint density at radius 1 is 1.45 bits per heavy atom. The van der Waals surface area contributed by atoms with E-state index in [4.69, 9.17) is 15.8 Å². The summed E-state index contributed by atoms with van der Waals surface area (Å²) in [5.41, 5.74) is 4.99. The lowest BCUT2D eigenvalue weighted by Gasteiger charge is -2.43. The SMILES string of the molecule is CCN(C)C[C@@H]1CC[C@@H](CCB(O)O)C[C@]1(N)C(=O)O. The summed E-state index contributed by atoms with van der Waals surface area (Å²) in [6, 6.07) is 0. The molecule has 6 nitrogen and oxygen atoms in total. The van der Waals surface area contributed by atoms with Crippen molar-refractivity contribution in [3.05, 3.63) is 0 Å². The van der Waals surface area contributed by atoms with E-state index in [-0.39, 0.29) is 18.2 Å². The van der Waals surface area contributed by atoms with Gasteiger partial charge in [-0.1, -0.05) is 13.3 Å². The van der Waals surface area contributed by atoms with Crippen molar-refractivity contribution >= 4 is 13.1 Å². The Labute approximate surface area is 121 Å². The summed E-state index contributed by atoms with van der Waals surface area (Å²) < 4.78 is 0. The molecule has 116 valence electrons. The number of rotatable bonds is 7. The monoisotopic (exact) mass is 286 g/mol. The maximum Gasteiger partial charge on any atom is 0.451 e. The van der Waals surface area contributed by atoms with Crippen LogP contribution in [0.1, 0.15) is 32.6 Å². The zero-order valence-corrected chi connectivity index (χ0v) is 12.5. The van der Waals surface area contributed by atoms with Crippen LogP contribution in [0.5, 0.6) is 0 Å². The van der Waals surface area contributed by atoms with Crippen molar-refractivity contribution in [2.24, 2.45) is 17.6 Å². The van der Waals surface area contributed by atoms with Gasteiger partial charge in [0, 0.05) is 12.5 Å². The van der Waals surface area contributed by atoms with Crippen LogP contribution in [-0.4, -0.2) is 58.8 Å². The van der Waals surface area contributed by atoms with Crippen LogP contribution >= 0.6 is 0 Å². The molecule has 3 atom stereocenters. The average molecular weight is 286 g/mol. The maximum absolute atomic E-state index is 11.6. The Morgan fingerprint density at radius 3 is 2.60 bits per heavy atom. The van der Waals surface area contributed by atoms with Crippen LogP contribution in [0.2, 0.25) is 6.32 Å². The Morgan fingerprint density at radius 2 is 2.10 bits per heavy atom. The fraction of sp³-hybridized carbons (Fsp3) is 0.923. The molecule has 0 bridgehead atoms. The first-order valence-electron chi connectivity index (χ1n) is 7.36. The van der Waals surface area contributed by atoms with Crippen LogP contribution in [0.25, 0.3) is 0 Å². The van der Waals surface area contributed by atoms with E-state index in [2.05, 4.69) is 4.90 Å². The fourth-order valence-corrected chi connectivity index (χ4v) is 3.09. The van der Waals surface area contributed by atoms with E-state index in [0.717, 1.165) is 19.4 Å². The van der Waals surface area contributed by atoms with Gasteiger partial charge < -0.3 is 25.8 Å². The van der Waals surface area contributed by atoms with Crippen LogP contribution in [0.3, 0.4) is 0 Å². The number of carboxylic acid groups (broad SMARTS) is 1. The summed E-state index contributed by atoms with van der Waals surface area (Å²) in [4.78, 5) is 13.7. The molecule has 1 rings (SSSR count). The third-order valence-corrected chi connectivity index (χ3v) is 4.58. The lowest BCUT2D eigenvalue weighted by Crippen LogP contribution is -2.59.